The number of hydrogen-bond acceptors (Lipinski definition) is 6. The molecule has 0 aliphatic carbocycles. The van der Waals surface area contributed by atoms with Crippen molar-refractivity contribution in [2.45, 2.75) is 31.0 Å². The molecular formula is C16H18N4O4. The van der Waals surface area contributed by atoms with E-state index in [9.17, 15) is 15.3 Å². The number of aromatic amines is 1. The van der Waals surface area contributed by atoms with E-state index in [1.54, 1.807) is 16.8 Å². The van der Waals surface area contributed by atoms with E-state index in [4.69, 9.17) is 6.11 Å². The van der Waals surface area contributed by atoms with Gasteiger partial charge in [-0.25, -0.2) is 9.97 Å². The van der Waals surface area contributed by atoms with Gasteiger partial charge in [-0.15, -0.1) is 0 Å². The highest BCUT2D eigenvalue weighted by Crippen LogP contribution is 2.40. The normalized spacial score (nSPS) is 31.0. The second-order valence-electron chi connectivity index (χ2n) is 6.19. The van der Waals surface area contributed by atoms with Crippen LogP contribution in [0.3, 0.4) is 0 Å². The summed E-state index contributed by atoms with van der Waals surface area (Å²) in [6.07, 6.45) is -0.167. The molecule has 4 rings (SSSR count). The third-order valence-electron chi connectivity index (χ3n) is 4.48. The molecule has 4 heterocycles. The number of nitrogens with zero attached hydrogens (tertiary/aromatic N) is 3. The van der Waals surface area contributed by atoms with E-state index in [0.29, 0.717) is 27.4 Å². The Balaban J connectivity index is 2.02. The van der Waals surface area contributed by atoms with Crippen molar-refractivity contribution in [3.63, 3.8) is 0 Å². The molecule has 1 fully saturated rings. The van der Waals surface area contributed by atoms with Gasteiger partial charge in [-0.1, -0.05) is 12.6 Å². The fraction of sp³-hybridized carbons (Fsp3) is 0.375. The van der Waals surface area contributed by atoms with Crippen LogP contribution in [-0.4, -0.2) is 59.3 Å². The van der Waals surface area contributed by atoms with Crippen molar-refractivity contribution in [1.29, 1.82) is 0 Å². The lowest BCUT2D eigenvalue weighted by Gasteiger charge is -2.27. The van der Waals surface area contributed by atoms with Crippen LogP contribution >= 0.6 is 0 Å². The first kappa shape index (κ1) is 14.1. The van der Waals surface area contributed by atoms with Gasteiger partial charge in [0.15, 0.2) is 6.23 Å². The molecule has 24 heavy (non-hydrogen) atoms. The molecule has 8 nitrogen and oxygen atoms in total. The minimum atomic E-state index is -1.64. The van der Waals surface area contributed by atoms with Gasteiger partial charge in [-0.3, -0.25) is 0 Å². The lowest BCUT2D eigenvalue weighted by atomic mass is 9.96. The van der Waals surface area contributed by atoms with Gasteiger partial charge in [0.2, 0.25) is 0 Å². The number of aliphatic hydroxyl groups is 3. The van der Waals surface area contributed by atoms with Crippen LogP contribution in [0.15, 0.2) is 24.6 Å². The maximum Gasteiger partial charge on any atom is 0.167 e. The van der Waals surface area contributed by atoms with E-state index in [1.807, 2.05) is 0 Å². The second-order valence-corrected chi connectivity index (χ2v) is 6.19. The van der Waals surface area contributed by atoms with Crippen LogP contribution in [0, 0.1) is 0 Å². The van der Waals surface area contributed by atoms with Gasteiger partial charge in [0, 0.05) is 16.9 Å². The molecular weight excluding hydrogens is 312 g/mol. The number of rotatable bonds is 2. The zero-order valence-corrected chi connectivity index (χ0v) is 13.0. The van der Waals surface area contributed by atoms with Crippen molar-refractivity contribution in [2.24, 2.45) is 0 Å². The molecule has 126 valence electrons. The van der Waals surface area contributed by atoms with Gasteiger partial charge < -0.3 is 29.6 Å². The quantitative estimate of drug-likeness (QED) is 0.508. The summed E-state index contributed by atoms with van der Waals surface area (Å²) in [4.78, 5) is 11.5. The summed E-state index contributed by atoms with van der Waals surface area (Å²) in [5.74, 6) is 0. The number of aromatic nitrogens is 4. The molecule has 8 heteroatoms. The van der Waals surface area contributed by atoms with E-state index >= 15 is 0 Å². The maximum absolute atomic E-state index is 10.7. The molecule has 4 N–H and O–H groups in total. The van der Waals surface area contributed by atoms with Crippen LogP contribution in [0.1, 0.15) is 14.5 Å². The lowest BCUT2D eigenvalue weighted by molar-refractivity contribution is -0.0947. The van der Waals surface area contributed by atoms with Gasteiger partial charge in [0.05, 0.1) is 13.4 Å². The Labute approximate surface area is 138 Å². The third-order valence-corrected chi connectivity index (χ3v) is 4.48. The van der Waals surface area contributed by atoms with Crippen molar-refractivity contribution in [3.05, 3.63) is 30.0 Å². The Bertz CT molecular complexity index is 1030. The maximum atomic E-state index is 10.7. The van der Waals surface area contributed by atoms with Crippen molar-refractivity contribution >= 4 is 28.6 Å². The van der Waals surface area contributed by atoms with Crippen LogP contribution < -0.4 is 5.35 Å². The van der Waals surface area contributed by atoms with Crippen LogP contribution in [0.2, 0.25) is 0 Å². The van der Waals surface area contributed by atoms with Gasteiger partial charge in [0.1, 0.15) is 35.4 Å². The first-order chi connectivity index (χ1) is 11.8. The molecule has 0 aromatic carbocycles. The molecule has 4 atom stereocenters. The van der Waals surface area contributed by atoms with E-state index < -0.39 is 30.6 Å². The molecule has 1 saturated heterocycles. The summed E-state index contributed by atoms with van der Waals surface area (Å²) >= 11 is 0. The Hall–Kier alpha value is -2.26. The number of ether oxygens (including phenoxy) is 1. The lowest BCUT2D eigenvalue weighted by Crippen LogP contribution is -2.44. The number of hydrogen-bond donors (Lipinski definition) is 4. The van der Waals surface area contributed by atoms with Crippen molar-refractivity contribution in [3.8, 4) is 0 Å². The summed E-state index contributed by atoms with van der Waals surface area (Å²) in [7, 11) is 0. The second kappa shape index (κ2) is 5.12. The van der Waals surface area contributed by atoms with Crippen LogP contribution in [0.25, 0.3) is 28.6 Å². The largest absolute Gasteiger partial charge is 0.394 e. The summed E-state index contributed by atoms with van der Waals surface area (Å²) in [5.41, 5.74) is -0.704. The van der Waals surface area contributed by atoms with Crippen LogP contribution in [0.4, 0.5) is 0 Å². The van der Waals surface area contributed by atoms with Crippen LogP contribution in [0.5, 0.6) is 0 Å². The first-order valence-electron chi connectivity index (χ1n) is 8.01. The highest BCUT2D eigenvalue weighted by atomic mass is 16.6. The smallest absolute Gasteiger partial charge is 0.167 e. The van der Waals surface area contributed by atoms with Crippen molar-refractivity contribution < 1.29 is 21.4 Å². The van der Waals surface area contributed by atoms with Gasteiger partial charge in [-0.05, 0) is 13.0 Å². The monoisotopic (exact) mass is 332 g/mol. The minimum Gasteiger partial charge on any atom is -0.394 e. The molecule has 1 aliphatic rings. The summed E-state index contributed by atoms with van der Waals surface area (Å²) < 4.78 is 15.5. The summed E-state index contributed by atoms with van der Waals surface area (Å²) in [6, 6.07) is 1.78. The summed E-state index contributed by atoms with van der Waals surface area (Å²) in [6.45, 7) is 4.84. The molecule has 0 amide bonds. The SMILES string of the molecule is [3H]c1cc(=C)[nH]c2ncnc3c2c1cn3[C@@H]1O[C@H](CO)[C@@H](O)[C@@]1(C)O. The van der Waals surface area contributed by atoms with E-state index in [0.717, 1.165) is 0 Å². The van der Waals surface area contributed by atoms with E-state index in [2.05, 4.69) is 21.5 Å². The predicted molar refractivity (Wildman–Crippen MR) is 86.6 cm³/mol. The average molecular weight is 332 g/mol. The Morgan fingerprint density at radius 2 is 2.33 bits per heavy atom. The van der Waals surface area contributed by atoms with Gasteiger partial charge in [-0.2, -0.15) is 0 Å². The van der Waals surface area contributed by atoms with E-state index in [1.165, 1.54) is 13.3 Å². The number of H-pyrrole nitrogens is 1. The van der Waals surface area contributed by atoms with Crippen molar-refractivity contribution in [2.75, 3.05) is 6.61 Å². The highest BCUT2D eigenvalue weighted by molar-refractivity contribution is 6.04. The molecule has 0 saturated carbocycles. The standard InChI is InChI=1S/C16H18N4O4/c1-8-3-4-9-5-20(14-11(9)13(19-8)17-7-18-14)15-16(2,23)12(22)10(6-21)24-15/h3-5,7,10,12,15,21-23H,1,6H2,2H3,(H,17,18,19)/t10-,12-,15-,16-/m1/s1/i4T. The van der Waals surface area contributed by atoms with Crippen molar-refractivity contribution in [1.82, 2.24) is 19.5 Å². The van der Waals surface area contributed by atoms with Crippen LogP contribution in [-0.2, 0) is 4.74 Å². The molecule has 0 unspecified atom stereocenters. The fourth-order valence-corrected chi connectivity index (χ4v) is 3.21. The zero-order chi connectivity index (χ0) is 17.9. The highest BCUT2D eigenvalue weighted by Gasteiger charge is 2.53. The molecule has 0 radical (unpaired) electrons. The number of nitrogens with one attached hydrogen (secondary N) is 1. The predicted octanol–water partition coefficient (Wildman–Crippen LogP) is -0.394. The molecule has 0 spiro atoms. The van der Waals surface area contributed by atoms with E-state index in [-0.39, 0.29) is 6.04 Å². The first-order valence-corrected chi connectivity index (χ1v) is 7.51. The number of aliphatic hydroxyl groups excluding tert-OH is 2. The fourth-order valence-electron chi connectivity index (χ4n) is 3.21. The molecule has 0 bridgehead atoms. The third kappa shape index (κ3) is 2.01. The molecule has 3 aromatic heterocycles. The van der Waals surface area contributed by atoms with Gasteiger partial charge >= 0.3 is 0 Å². The summed E-state index contributed by atoms with van der Waals surface area (Å²) in [5, 5.41) is 32.0. The minimum absolute atomic E-state index is 0.215. The zero-order valence-electron chi connectivity index (χ0n) is 14.0. The Morgan fingerprint density at radius 1 is 1.54 bits per heavy atom. The van der Waals surface area contributed by atoms with Gasteiger partial charge in [0.25, 0.3) is 0 Å². The Kier molecular flexibility index (Phi) is 3.01. The average Bonchev–Trinajstić information content (AvgIpc) is 3.00. The molecule has 3 aromatic rings. The topological polar surface area (TPSA) is 116 Å². The molecule has 1 aliphatic heterocycles. The Morgan fingerprint density at radius 3 is 3.04 bits per heavy atom.